The lowest BCUT2D eigenvalue weighted by Crippen LogP contribution is -2.11. The first-order valence-electron chi connectivity index (χ1n) is 6.31. The monoisotopic (exact) mass is 320 g/mol. The molecule has 0 bridgehead atoms. The molecule has 0 aliphatic rings. The molecule has 3 aromatic rings. The average Bonchev–Trinajstić information content (AvgIpc) is 3.10. The molecule has 2 aromatic heterocycles. The van der Waals surface area contributed by atoms with Gasteiger partial charge in [-0.2, -0.15) is 0 Å². The standard InChI is InChI=1S/C14H13FN4S2/c1-9(10-4-6-11(15)7-5-10)21-14-18-17-13(19(14)16)12-3-2-8-20-12/h2-9H,16H2,1H3/t9-/m1/s1. The van der Waals surface area contributed by atoms with E-state index < -0.39 is 0 Å². The van der Waals surface area contributed by atoms with Crippen LogP contribution >= 0.6 is 23.1 Å². The Bertz CT molecular complexity index is 722. The van der Waals surface area contributed by atoms with Gasteiger partial charge < -0.3 is 5.84 Å². The van der Waals surface area contributed by atoms with E-state index in [0.29, 0.717) is 11.0 Å². The first-order valence-corrected chi connectivity index (χ1v) is 8.07. The van der Waals surface area contributed by atoms with Crippen LogP contribution in [0.2, 0.25) is 0 Å². The van der Waals surface area contributed by atoms with E-state index in [4.69, 9.17) is 5.84 Å². The van der Waals surface area contributed by atoms with Gasteiger partial charge in [-0.3, -0.25) is 0 Å². The maximum atomic E-state index is 12.9. The van der Waals surface area contributed by atoms with E-state index in [2.05, 4.69) is 10.2 Å². The third-order valence-corrected chi connectivity index (χ3v) is 5.01. The van der Waals surface area contributed by atoms with Crippen molar-refractivity contribution in [2.75, 3.05) is 5.84 Å². The molecule has 0 saturated carbocycles. The molecule has 2 N–H and O–H groups in total. The van der Waals surface area contributed by atoms with Gasteiger partial charge >= 0.3 is 0 Å². The summed E-state index contributed by atoms with van der Waals surface area (Å²) < 4.78 is 14.4. The molecular weight excluding hydrogens is 307 g/mol. The Hall–Kier alpha value is -1.86. The topological polar surface area (TPSA) is 56.7 Å². The number of rotatable bonds is 4. The zero-order valence-corrected chi connectivity index (χ0v) is 12.9. The molecule has 2 heterocycles. The maximum Gasteiger partial charge on any atom is 0.210 e. The number of nitrogen functional groups attached to an aromatic ring is 1. The molecule has 1 atom stereocenters. The molecule has 0 aliphatic carbocycles. The van der Waals surface area contributed by atoms with Crippen molar-refractivity contribution in [1.29, 1.82) is 0 Å². The number of nitrogens with zero attached hydrogens (tertiary/aromatic N) is 3. The lowest BCUT2D eigenvalue weighted by atomic mass is 10.2. The molecule has 4 nitrogen and oxygen atoms in total. The molecule has 0 saturated heterocycles. The van der Waals surface area contributed by atoms with Crippen molar-refractivity contribution in [2.45, 2.75) is 17.3 Å². The number of benzene rings is 1. The third kappa shape index (κ3) is 2.93. The van der Waals surface area contributed by atoms with Crippen LogP contribution in [0, 0.1) is 5.82 Å². The fourth-order valence-corrected chi connectivity index (χ4v) is 3.49. The average molecular weight is 320 g/mol. The van der Waals surface area contributed by atoms with E-state index in [0.717, 1.165) is 10.4 Å². The van der Waals surface area contributed by atoms with Crippen LogP contribution in [-0.4, -0.2) is 14.9 Å². The minimum absolute atomic E-state index is 0.105. The zero-order valence-electron chi connectivity index (χ0n) is 11.2. The van der Waals surface area contributed by atoms with Crippen molar-refractivity contribution in [3.63, 3.8) is 0 Å². The molecule has 0 fully saturated rings. The summed E-state index contributed by atoms with van der Waals surface area (Å²) in [6, 6.07) is 10.3. The minimum Gasteiger partial charge on any atom is -0.335 e. The predicted octanol–water partition coefficient (Wildman–Crippen LogP) is 3.71. The molecule has 0 unspecified atom stereocenters. The second-order valence-corrected chi connectivity index (χ2v) is 6.72. The Balaban J connectivity index is 1.81. The van der Waals surface area contributed by atoms with E-state index in [1.807, 2.05) is 24.4 Å². The highest BCUT2D eigenvalue weighted by Gasteiger charge is 2.16. The molecule has 0 aliphatic heterocycles. The van der Waals surface area contributed by atoms with E-state index in [9.17, 15) is 4.39 Å². The van der Waals surface area contributed by atoms with Gasteiger partial charge in [-0.25, -0.2) is 9.07 Å². The summed E-state index contributed by atoms with van der Waals surface area (Å²) in [5.41, 5.74) is 1.02. The quantitative estimate of drug-likeness (QED) is 0.588. The van der Waals surface area contributed by atoms with Crippen LogP contribution in [0.3, 0.4) is 0 Å². The SMILES string of the molecule is C[C@@H](Sc1nnc(-c2cccs2)n1N)c1ccc(F)cc1. The third-order valence-electron chi connectivity index (χ3n) is 3.03. The second kappa shape index (κ2) is 5.87. The van der Waals surface area contributed by atoms with Crippen molar-refractivity contribution in [1.82, 2.24) is 14.9 Å². The Morgan fingerprint density at radius 3 is 2.67 bits per heavy atom. The number of aromatic nitrogens is 3. The van der Waals surface area contributed by atoms with Crippen LogP contribution in [0.4, 0.5) is 4.39 Å². The number of thioether (sulfide) groups is 1. The van der Waals surface area contributed by atoms with Gasteiger partial charge in [-0.1, -0.05) is 30.0 Å². The summed E-state index contributed by atoms with van der Waals surface area (Å²) in [6.07, 6.45) is 0. The van der Waals surface area contributed by atoms with Crippen LogP contribution in [0.5, 0.6) is 0 Å². The smallest absolute Gasteiger partial charge is 0.210 e. The first kappa shape index (κ1) is 14.1. The summed E-state index contributed by atoms with van der Waals surface area (Å²) >= 11 is 3.06. The number of thiophene rings is 1. The van der Waals surface area contributed by atoms with Crippen LogP contribution < -0.4 is 5.84 Å². The lowest BCUT2D eigenvalue weighted by molar-refractivity contribution is 0.627. The van der Waals surface area contributed by atoms with Gasteiger partial charge in [0.2, 0.25) is 5.16 Å². The van der Waals surface area contributed by atoms with Gasteiger partial charge in [0.1, 0.15) is 5.82 Å². The molecule has 21 heavy (non-hydrogen) atoms. The number of nitrogens with two attached hydrogens (primary N) is 1. The highest BCUT2D eigenvalue weighted by molar-refractivity contribution is 7.99. The van der Waals surface area contributed by atoms with Crippen molar-refractivity contribution in [3.8, 4) is 10.7 Å². The summed E-state index contributed by atoms with van der Waals surface area (Å²) in [5.74, 6) is 6.48. The van der Waals surface area contributed by atoms with Crippen molar-refractivity contribution in [2.24, 2.45) is 0 Å². The fraction of sp³-hybridized carbons (Fsp3) is 0.143. The van der Waals surface area contributed by atoms with Gasteiger partial charge in [0.15, 0.2) is 5.82 Å². The molecule has 0 spiro atoms. The molecule has 7 heteroatoms. The molecule has 0 amide bonds. The van der Waals surface area contributed by atoms with Crippen molar-refractivity contribution < 1.29 is 4.39 Å². The molecule has 3 rings (SSSR count). The van der Waals surface area contributed by atoms with Crippen LogP contribution in [0.15, 0.2) is 46.9 Å². The summed E-state index contributed by atoms with van der Waals surface area (Å²) in [6.45, 7) is 2.03. The zero-order chi connectivity index (χ0) is 14.8. The molecular formula is C14H13FN4S2. The van der Waals surface area contributed by atoms with Gasteiger partial charge in [0.05, 0.1) is 4.88 Å². The van der Waals surface area contributed by atoms with Gasteiger partial charge in [-0.15, -0.1) is 21.5 Å². The van der Waals surface area contributed by atoms with Crippen LogP contribution in [0.25, 0.3) is 10.7 Å². The van der Waals surface area contributed by atoms with E-state index >= 15 is 0 Å². The van der Waals surface area contributed by atoms with Gasteiger partial charge in [-0.05, 0) is 36.1 Å². The normalized spacial score (nSPS) is 12.5. The summed E-state index contributed by atoms with van der Waals surface area (Å²) in [5, 5.41) is 11.0. The highest BCUT2D eigenvalue weighted by atomic mass is 32.2. The van der Waals surface area contributed by atoms with Crippen molar-refractivity contribution >= 4 is 23.1 Å². The van der Waals surface area contributed by atoms with E-state index in [-0.39, 0.29) is 11.1 Å². The predicted molar refractivity (Wildman–Crippen MR) is 84.2 cm³/mol. The van der Waals surface area contributed by atoms with Gasteiger partial charge in [0.25, 0.3) is 0 Å². The Kier molecular flexibility index (Phi) is 3.94. The summed E-state index contributed by atoms with van der Waals surface area (Å²) in [4.78, 5) is 0.978. The Morgan fingerprint density at radius 2 is 2.00 bits per heavy atom. The number of hydrogen-bond acceptors (Lipinski definition) is 5. The minimum atomic E-state index is -0.238. The molecule has 0 radical (unpaired) electrons. The molecule has 1 aromatic carbocycles. The highest BCUT2D eigenvalue weighted by Crippen LogP contribution is 2.34. The largest absolute Gasteiger partial charge is 0.335 e. The Labute approximate surface area is 129 Å². The first-order chi connectivity index (χ1) is 10.1. The fourth-order valence-electron chi connectivity index (χ4n) is 1.89. The lowest BCUT2D eigenvalue weighted by Gasteiger charge is -2.10. The second-order valence-electron chi connectivity index (χ2n) is 4.47. The van der Waals surface area contributed by atoms with Crippen molar-refractivity contribution in [3.05, 3.63) is 53.2 Å². The number of halogens is 1. The molecule has 108 valence electrons. The number of hydrogen-bond donors (Lipinski definition) is 1. The van der Waals surface area contributed by atoms with Gasteiger partial charge in [0, 0.05) is 5.25 Å². The van der Waals surface area contributed by atoms with E-state index in [1.165, 1.54) is 28.6 Å². The maximum absolute atomic E-state index is 12.9. The Morgan fingerprint density at radius 1 is 1.24 bits per heavy atom. The van der Waals surface area contributed by atoms with Crippen LogP contribution in [0.1, 0.15) is 17.7 Å². The summed E-state index contributed by atoms with van der Waals surface area (Å²) in [7, 11) is 0. The van der Waals surface area contributed by atoms with Crippen LogP contribution in [-0.2, 0) is 0 Å². The van der Waals surface area contributed by atoms with E-state index in [1.54, 1.807) is 23.5 Å².